The van der Waals surface area contributed by atoms with Gasteiger partial charge in [-0.25, -0.2) is 0 Å². The van der Waals surface area contributed by atoms with Crippen LogP contribution in [0.15, 0.2) is 24.4 Å². The molecule has 2 heterocycles. The van der Waals surface area contributed by atoms with E-state index in [9.17, 15) is 4.79 Å². The van der Waals surface area contributed by atoms with Crippen LogP contribution in [0.1, 0.15) is 28.0 Å². The van der Waals surface area contributed by atoms with Crippen molar-refractivity contribution in [1.82, 2.24) is 9.78 Å². The third kappa shape index (κ3) is 2.39. The maximum absolute atomic E-state index is 12.2. The maximum Gasteiger partial charge on any atom is 0.259 e. The highest BCUT2D eigenvalue weighted by Gasteiger charge is 2.14. The summed E-state index contributed by atoms with van der Waals surface area (Å²) >= 11 is 0. The van der Waals surface area contributed by atoms with Crippen molar-refractivity contribution in [2.75, 3.05) is 17.2 Å². The molecule has 0 saturated carbocycles. The number of aryl methyl sites for hydroxylation is 3. The molecule has 0 spiro atoms. The highest BCUT2D eigenvalue weighted by atomic mass is 16.1. The fraction of sp³-hybridized carbons (Fsp3) is 0.333. The molecule has 1 aromatic heterocycles. The van der Waals surface area contributed by atoms with Crippen molar-refractivity contribution < 1.29 is 4.79 Å². The summed E-state index contributed by atoms with van der Waals surface area (Å²) in [6, 6.07) is 6.01. The lowest BCUT2D eigenvalue weighted by Crippen LogP contribution is -2.15. The van der Waals surface area contributed by atoms with Crippen molar-refractivity contribution in [3.05, 3.63) is 41.2 Å². The zero-order chi connectivity index (χ0) is 14.1. The second kappa shape index (κ2) is 5.00. The van der Waals surface area contributed by atoms with E-state index in [4.69, 9.17) is 0 Å². The molecule has 5 heteroatoms. The van der Waals surface area contributed by atoms with Gasteiger partial charge in [0, 0.05) is 31.2 Å². The molecular formula is C15H18N4O. The normalized spacial score (nSPS) is 13.5. The summed E-state index contributed by atoms with van der Waals surface area (Å²) in [5, 5.41) is 10.5. The quantitative estimate of drug-likeness (QED) is 0.880. The van der Waals surface area contributed by atoms with Crippen LogP contribution < -0.4 is 10.6 Å². The molecule has 0 aliphatic carbocycles. The first-order valence-corrected chi connectivity index (χ1v) is 6.82. The number of carbonyl (C=O) groups is 1. The Bertz CT molecular complexity index is 660. The zero-order valence-electron chi connectivity index (χ0n) is 11.7. The monoisotopic (exact) mass is 270 g/mol. The molecule has 2 N–H and O–H groups in total. The minimum absolute atomic E-state index is 0.112. The number of nitrogens with zero attached hydrogens (tertiary/aromatic N) is 2. The predicted molar refractivity (Wildman–Crippen MR) is 79.2 cm³/mol. The molecule has 104 valence electrons. The lowest BCUT2D eigenvalue weighted by molar-refractivity contribution is 0.102. The first kappa shape index (κ1) is 12.7. The fourth-order valence-corrected chi connectivity index (χ4v) is 2.57. The minimum atomic E-state index is -0.112. The number of carbonyl (C=O) groups excluding carboxylic acids is 1. The third-order valence-corrected chi connectivity index (χ3v) is 3.56. The number of fused-ring (bicyclic) bond motifs is 1. The number of aromatic nitrogens is 2. The van der Waals surface area contributed by atoms with Crippen LogP contribution >= 0.6 is 0 Å². The highest BCUT2D eigenvalue weighted by Crippen LogP contribution is 2.25. The van der Waals surface area contributed by atoms with Crippen molar-refractivity contribution in [2.24, 2.45) is 7.05 Å². The number of rotatable bonds is 2. The van der Waals surface area contributed by atoms with Gasteiger partial charge < -0.3 is 10.6 Å². The van der Waals surface area contributed by atoms with E-state index in [-0.39, 0.29) is 5.91 Å². The van der Waals surface area contributed by atoms with Gasteiger partial charge in [0.05, 0.1) is 11.3 Å². The fourth-order valence-electron chi connectivity index (χ4n) is 2.57. The van der Waals surface area contributed by atoms with Crippen LogP contribution in [0.4, 0.5) is 11.4 Å². The third-order valence-electron chi connectivity index (χ3n) is 3.56. The molecule has 2 aromatic rings. The molecule has 0 saturated heterocycles. The Labute approximate surface area is 118 Å². The summed E-state index contributed by atoms with van der Waals surface area (Å²) in [6.45, 7) is 2.86. The van der Waals surface area contributed by atoms with E-state index >= 15 is 0 Å². The van der Waals surface area contributed by atoms with Gasteiger partial charge in [-0.2, -0.15) is 5.10 Å². The Hall–Kier alpha value is -2.30. The molecule has 20 heavy (non-hydrogen) atoms. The lowest BCUT2D eigenvalue weighted by atomic mass is 10.0. The van der Waals surface area contributed by atoms with Gasteiger partial charge in [-0.15, -0.1) is 0 Å². The number of nitrogens with one attached hydrogen (secondary N) is 2. The van der Waals surface area contributed by atoms with E-state index in [0.717, 1.165) is 30.8 Å². The van der Waals surface area contributed by atoms with Crippen LogP contribution in [0.25, 0.3) is 0 Å². The molecular weight excluding hydrogens is 252 g/mol. The summed E-state index contributed by atoms with van der Waals surface area (Å²) in [6.07, 6.45) is 3.93. The summed E-state index contributed by atoms with van der Waals surface area (Å²) in [5.41, 5.74) is 4.62. The number of amides is 1. The van der Waals surface area contributed by atoms with Gasteiger partial charge in [0.25, 0.3) is 5.91 Å². The number of hydrogen-bond acceptors (Lipinski definition) is 3. The Balaban J connectivity index is 1.81. The molecule has 3 rings (SSSR count). The van der Waals surface area contributed by atoms with E-state index in [1.54, 1.807) is 10.9 Å². The second-order valence-electron chi connectivity index (χ2n) is 5.16. The van der Waals surface area contributed by atoms with Crippen molar-refractivity contribution in [3.63, 3.8) is 0 Å². The van der Waals surface area contributed by atoms with Crippen molar-refractivity contribution in [2.45, 2.75) is 19.8 Å². The first-order valence-electron chi connectivity index (χ1n) is 6.82. The summed E-state index contributed by atoms with van der Waals surface area (Å²) in [5.74, 6) is -0.112. The van der Waals surface area contributed by atoms with E-state index in [0.29, 0.717) is 5.56 Å². The Morgan fingerprint density at radius 3 is 3.05 bits per heavy atom. The van der Waals surface area contributed by atoms with E-state index in [1.165, 1.54) is 11.3 Å². The second-order valence-corrected chi connectivity index (χ2v) is 5.16. The van der Waals surface area contributed by atoms with Gasteiger partial charge in [0.1, 0.15) is 0 Å². The highest BCUT2D eigenvalue weighted by molar-refractivity contribution is 6.05. The topological polar surface area (TPSA) is 59.0 Å². The number of benzene rings is 1. The summed E-state index contributed by atoms with van der Waals surface area (Å²) in [4.78, 5) is 12.2. The van der Waals surface area contributed by atoms with Crippen molar-refractivity contribution >= 4 is 17.3 Å². The Morgan fingerprint density at radius 2 is 2.30 bits per heavy atom. The standard InChI is InChI=1S/C15H18N4O/c1-10-13(9-19(2)18-10)15(20)17-12-5-6-14-11(8-12)4-3-7-16-14/h5-6,8-9,16H,3-4,7H2,1-2H3,(H,17,20). The van der Waals surface area contributed by atoms with Crippen LogP contribution in [0.3, 0.4) is 0 Å². The largest absolute Gasteiger partial charge is 0.385 e. The molecule has 1 aromatic carbocycles. The molecule has 5 nitrogen and oxygen atoms in total. The maximum atomic E-state index is 12.2. The van der Waals surface area contributed by atoms with E-state index in [2.05, 4.69) is 15.7 Å². The lowest BCUT2D eigenvalue weighted by Gasteiger charge is -2.18. The first-order chi connectivity index (χ1) is 9.63. The van der Waals surface area contributed by atoms with Crippen molar-refractivity contribution in [1.29, 1.82) is 0 Å². The van der Waals surface area contributed by atoms with Gasteiger partial charge in [-0.1, -0.05) is 0 Å². The van der Waals surface area contributed by atoms with E-state index in [1.807, 2.05) is 32.2 Å². The Morgan fingerprint density at radius 1 is 1.45 bits per heavy atom. The number of hydrogen-bond donors (Lipinski definition) is 2. The molecule has 1 amide bonds. The molecule has 1 aliphatic heterocycles. The average Bonchev–Trinajstić information content (AvgIpc) is 2.78. The molecule has 0 fully saturated rings. The average molecular weight is 270 g/mol. The number of anilines is 2. The van der Waals surface area contributed by atoms with Crippen LogP contribution in [-0.4, -0.2) is 22.2 Å². The predicted octanol–water partition coefficient (Wildman–Crippen LogP) is 2.34. The summed E-state index contributed by atoms with van der Waals surface area (Å²) in [7, 11) is 1.81. The molecule has 0 unspecified atom stereocenters. The SMILES string of the molecule is Cc1nn(C)cc1C(=O)Nc1ccc2c(c1)CCCN2. The van der Waals surface area contributed by atoms with Gasteiger partial charge >= 0.3 is 0 Å². The zero-order valence-corrected chi connectivity index (χ0v) is 11.7. The van der Waals surface area contributed by atoms with Crippen molar-refractivity contribution in [3.8, 4) is 0 Å². The van der Waals surface area contributed by atoms with Gasteiger partial charge in [0.15, 0.2) is 0 Å². The van der Waals surface area contributed by atoms with Crippen LogP contribution in [0.2, 0.25) is 0 Å². The Kier molecular flexibility index (Phi) is 3.18. The molecule has 0 atom stereocenters. The molecule has 1 aliphatic rings. The smallest absolute Gasteiger partial charge is 0.259 e. The van der Waals surface area contributed by atoms with Gasteiger partial charge in [-0.3, -0.25) is 9.48 Å². The summed E-state index contributed by atoms with van der Waals surface area (Å²) < 4.78 is 1.65. The van der Waals surface area contributed by atoms with Crippen LogP contribution in [0, 0.1) is 6.92 Å². The minimum Gasteiger partial charge on any atom is -0.385 e. The molecule has 0 bridgehead atoms. The van der Waals surface area contributed by atoms with Gasteiger partial charge in [0.2, 0.25) is 0 Å². The molecule has 0 radical (unpaired) electrons. The van der Waals surface area contributed by atoms with Crippen LogP contribution in [-0.2, 0) is 13.5 Å². The van der Waals surface area contributed by atoms with E-state index < -0.39 is 0 Å². The van der Waals surface area contributed by atoms with Crippen LogP contribution in [0.5, 0.6) is 0 Å². The van der Waals surface area contributed by atoms with Gasteiger partial charge in [-0.05, 0) is 43.5 Å².